The number of halogens is 1. The summed E-state index contributed by atoms with van der Waals surface area (Å²) in [7, 11) is 0. The molecule has 4 nitrogen and oxygen atoms in total. The Morgan fingerprint density at radius 1 is 1.77 bits per heavy atom. The van der Waals surface area contributed by atoms with Crippen LogP contribution < -0.4 is 5.73 Å². The lowest BCUT2D eigenvalue weighted by Gasteiger charge is -2.30. The zero-order valence-corrected chi connectivity index (χ0v) is 8.09. The highest BCUT2D eigenvalue weighted by atomic mass is 35.5. The third-order valence-electron chi connectivity index (χ3n) is 1.86. The maximum absolute atomic E-state index is 10.8. The molecule has 0 radical (unpaired) electrons. The Morgan fingerprint density at radius 2 is 2.46 bits per heavy atom. The van der Waals surface area contributed by atoms with Crippen LogP contribution in [-0.2, 0) is 9.53 Å². The minimum atomic E-state index is -0.509. The highest BCUT2D eigenvalue weighted by molar-refractivity contribution is 6.29. The van der Waals surface area contributed by atoms with Gasteiger partial charge in [0.25, 0.3) is 0 Å². The fraction of sp³-hybridized carbons (Fsp3) is 0.625. The summed E-state index contributed by atoms with van der Waals surface area (Å²) in [6, 6.07) is 0. The number of nitrogens with two attached hydrogens (primary N) is 1. The van der Waals surface area contributed by atoms with Gasteiger partial charge in [0.05, 0.1) is 6.61 Å². The molecule has 0 bridgehead atoms. The van der Waals surface area contributed by atoms with Crippen LogP contribution in [0.1, 0.15) is 0 Å². The van der Waals surface area contributed by atoms with E-state index in [1.54, 1.807) is 0 Å². The molecule has 1 rings (SSSR count). The first kappa shape index (κ1) is 10.5. The molecule has 0 aliphatic carbocycles. The van der Waals surface area contributed by atoms with Crippen molar-refractivity contribution in [1.29, 1.82) is 0 Å². The molecule has 13 heavy (non-hydrogen) atoms. The molecule has 1 aliphatic heterocycles. The van der Waals surface area contributed by atoms with E-state index < -0.39 is 12.0 Å². The van der Waals surface area contributed by atoms with Gasteiger partial charge in [0.1, 0.15) is 6.10 Å². The second-order valence-electron chi connectivity index (χ2n) is 3.01. The Kier molecular flexibility index (Phi) is 3.71. The van der Waals surface area contributed by atoms with Crippen molar-refractivity contribution in [3.8, 4) is 0 Å². The molecule has 1 heterocycles. The summed E-state index contributed by atoms with van der Waals surface area (Å²) in [6.45, 7) is 5.94. The van der Waals surface area contributed by atoms with Crippen LogP contribution in [0.4, 0.5) is 0 Å². The quantitative estimate of drug-likeness (QED) is 0.700. The van der Waals surface area contributed by atoms with Crippen LogP contribution in [0.5, 0.6) is 0 Å². The van der Waals surface area contributed by atoms with E-state index in [9.17, 15) is 4.79 Å². The van der Waals surface area contributed by atoms with Gasteiger partial charge in [0.15, 0.2) is 0 Å². The van der Waals surface area contributed by atoms with Crippen molar-refractivity contribution in [1.82, 2.24) is 4.90 Å². The predicted octanol–water partition coefficient (Wildman–Crippen LogP) is -0.0750. The number of ether oxygens (including phenoxy) is 1. The summed E-state index contributed by atoms with van der Waals surface area (Å²) in [6.07, 6.45) is -0.509. The van der Waals surface area contributed by atoms with Crippen molar-refractivity contribution in [3.63, 3.8) is 0 Å². The Labute approximate surface area is 82.3 Å². The number of morpholine rings is 1. The number of nitrogens with zero attached hydrogens (tertiary/aromatic N) is 1. The maximum Gasteiger partial charge on any atom is 0.247 e. The topological polar surface area (TPSA) is 55.6 Å². The van der Waals surface area contributed by atoms with Crippen LogP contribution in [0.2, 0.25) is 0 Å². The summed E-state index contributed by atoms with van der Waals surface area (Å²) < 4.78 is 5.16. The summed E-state index contributed by atoms with van der Waals surface area (Å²) in [5, 5.41) is 0.560. The van der Waals surface area contributed by atoms with E-state index in [-0.39, 0.29) is 0 Å². The van der Waals surface area contributed by atoms with Gasteiger partial charge in [-0.15, -0.1) is 0 Å². The van der Waals surface area contributed by atoms with Gasteiger partial charge in [0, 0.05) is 24.7 Å². The predicted molar refractivity (Wildman–Crippen MR) is 50.4 cm³/mol. The Bertz CT molecular complexity index is 220. The van der Waals surface area contributed by atoms with Gasteiger partial charge in [-0.2, -0.15) is 0 Å². The van der Waals surface area contributed by atoms with E-state index in [1.807, 2.05) is 4.90 Å². The third kappa shape index (κ3) is 3.34. The van der Waals surface area contributed by atoms with Crippen LogP contribution >= 0.6 is 11.6 Å². The first-order valence-electron chi connectivity index (χ1n) is 4.06. The summed E-state index contributed by atoms with van der Waals surface area (Å²) in [5.41, 5.74) is 5.11. The molecule has 0 aromatic heterocycles. The summed E-state index contributed by atoms with van der Waals surface area (Å²) in [5.74, 6) is -0.426. The van der Waals surface area contributed by atoms with Crippen molar-refractivity contribution in [2.45, 2.75) is 6.10 Å². The number of amides is 1. The molecule has 1 amide bonds. The van der Waals surface area contributed by atoms with E-state index in [1.165, 1.54) is 0 Å². The molecule has 0 saturated carbocycles. The molecule has 1 fully saturated rings. The Balaban J connectivity index is 2.41. The fourth-order valence-corrected chi connectivity index (χ4v) is 1.43. The van der Waals surface area contributed by atoms with Crippen molar-refractivity contribution in [2.24, 2.45) is 5.73 Å². The second kappa shape index (κ2) is 4.60. The lowest BCUT2D eigenvalue weighted by molar-refractivity contribution is -0.134. The molecule has 1 atom stereocenters. The highest BCUT2D eigenvalue weighted by Crippen LogP contribution is 2.08. The van der Waals surface area contributed by atoms with E-state index in [4.69, 9.17) is 22.1 Å². The zero-order chi connectivity index (χ0) is 9.84. The molecule has 1 unspecified atom stereocenters. The monoisotopic (exact) mass is 204 g/mol. The first-order valence-corrected chi connectivity index (χ1v) is 4.44. The number of rotatable bonds is 3. The minimum Gasteiger partial charge on any atom is -0.367 e. The lowest BCUT2D eigenvalue weighted by Crippen LogP contribution is -2.48. The molecule has 0 aromatic rings. The normalized spacial score (nSPS) is 24.2. The van der Waals surface area contributed by atoms with Crippen LogP contribution in [0.25, 0.3) is 0 Å². The maximum atomic E-state index is 10.8. The van der Waals surface area contributed by atoms with Crippen LogP contribution in [0.15, 0.2) is 11.6 Å². The smallest absolute Gasteiger partial charge is 0.247 e. The standard InChI is InChI=1S/C8H13ClN2O2/c1-6(9)4-11-2-3-13-7(5-11)8(10)12/h7H,1-5H2,(H2,10,12). The van der Waals surface area contributed by atoms with Crippen molar-refractivity contribution in [2.75, 3.05) is 26.2 Å². The largest absolute Gasteiger partial charge is 0.367 e. The molecule has 5 heteroatoms. The van der Waals surface area contributed by atoms with Crippen molar-refractivity contribution in [3.05, 3.63) is 11.6 Å². The molecule has 0 spiro atoms. The van der Waals surface area contributed by atoms with Gasteiger partial charge in [-0.1, -0.05) is 18.2 Å². The third-order valence-corrected chi connectivity index (χ3v) is 1.98. The second-order valence-corrected chi connectivity index (χ2v) is 3.55. The van der Waals surface area contributed by atoms with Gasteiger partial charge in [-0.25, -0.2) is 0 Å². The van der Waals surface area contributed by atoms with Crippen LogP contribution in [-0.4, -0.2) is 43.2 Å². The number of primary amides is 1. The zero-order valence-electron chi connectivity index (χ0n) is 7.33. The van der Waals surface area contributed by atoms with E-state index in [0.717, 1.165) is 6.54 Å². The Morgan fingerprint density at radius 3 is 3.00 bits per heavy atom. The molecule has 1 saturated heterocycles. The van der Waals surface area contributed by atoms with E-state index in [0.29, 0.717) is 24.7 Å². The number of hydrogen-bond donors (Lipinski definition) is 1. The SMILES string of the molecule is C=C(Cl)CN1CCOC(C(N)=O)C1. The molecule has 0 aromatic carbocycles. The molecular formula is C8H13ClN2O2. The van der Waals surface area contributed by atoms with Gasteiger partial charge >= 0.3 is 0 Å². The summed E-state index contributed by atoms with van der Waals surface area (Å²) in [4.78, 5) is 12.8. The van der Waals surface area contributed by atoms with Crippen molar-refractivity contribution < 1.29 is 9.53 Å². The lowest BCUT2D eigenvalue weighted by atomic mass is 10.2. The average Bonchev–Trinajstić information content (AvgIpc) is 2.03. The average molecular weight is 205 g/mol. The molecular weight excluding hydrogens is 192 g/mol. The first-order chi connectivity index (χ1) is 6.09. The van der Waals surface area contributed by atoms with Gasteiger partial charge in [0.2, 0.25) is 5.91 Å². The van der Waals surface area contributed by atoms with Gasteiger partial charge in [-0.05, 0) is 0 Å². The minimum absolute atomic E-state index is 0.426. The number of carbonyl (C=O) groups is 1. The number of carbonyl (C=O) groups excluding carboxylic acids is 1. The molecule has 74 valence electrons. The highest BCUT2D eigenvalue weighted by Gasteiger charge is 2.24. The molecule has 2 N–H and O–H groups in total. The van der Waals surface area contributed by atoms with Crippen LogP contribution in [0.3, 0.4) is 0 Å². The summed E-state index contributed by atoms with van der Waals surface area (Å²) >= 11 is 5.65. The van der Waals surface area contributed by atoms with Crippen molar-refractivity contribution >= 4 is 17.5 Å². The number of hydrogen-bond acceptors (Lipinski definition) is 3. The van der Waals surface area contributed by atoms with Gasteiger partial charge in [-0.3, -0.25) is 9.69 Å². The van der Waals surface area contributed by atoms with Gasteiger partial charge < -0.3 is 10.5 Å². The van der Waals surface area contributed by atoms with Crippen LogP contribution in [0, 0.1) is 0 Å². The van der Waals surface area contributed by atoms with E-state index >= 15 is 0 Å². The fourth-order valence-electron chi connectivity index (χ4n) is 1.26. The molecule has 1 aliphatic rings. The van der Waals surface area contributed by atoms with E-state index in [2.05, 4.69) is 6.58 Å². The Hall–Kier alpha value is -0.580.